The Morgan fingerprint density at radius 1 is 1.08 bits per heavy atom. The summed E-state index contributed by atoms with van der Waals surface area (Å²) < 4.78 is 10.5. The highest BCUT2D eigenvalue weighted by Gasteiger charge is 2.42. The van der Waals surface area contributed by atoms with Crippen molar-refractivity contribution >= 4 is 12.2 Å². The van der Waals surface area contributed by atoms with Gasteiger partial charge in [0.15, 0.2) is 0 Å². The minimum absolute atomic E-state index is 0.0250. The molecular formula is C20H38N2O4. The van der Waals surface area contributed by atoms with Gasteiger partial charge >= 0.3 is 12.2 Å². The lowest BCUT2D eigenvalue weighted by Crippen LogP contribution is -2.46. The molecule has 0 spiro atoms. The highest BCUT2D eigenvalue weighted by Crippen LogP contribution is 2.46. The Bertz CT molecular complexity index is 453. The number of carbonyl (C=O) groups excluding carboxylic acids is 2. The average Bonchev–Trinajstić information content (AvgIpc) is 2.49. The molecule has 1 fully saturated rings. The smallest absolute Gasteiger partial charge is 0.407 e. The SMILES string of the molecule is CCCCCCCCOC(=O)NCC1(C)CC(OC(N)=O)CC(C)(C)C1. The lowest BCUT2D eigenvalue weighted by atomic mass is 9.63. The highest BCUT2D eigenvalue weighted by molar-refractivity contribution is 5.67. The van der Waals surface area contributed by atoms with Crippen molar-refractivity contribution in [1.29, 1.82) is 0 Å². The van der Waals surface area contributed by atoms with Crippen LogP contribution in [0.1, 0.15) is 85.5 Å². The summed E-state index contributed by atoms with van der Waals surface area (Å²) in [5.41, 5.74) is 5.05. The average molecular weight is 371 g/mol. The van der Waals surface area contributed by atoms with Crippen LogP contribution in [0.15, 0.2) is 0 Å². The zero-order chi connectivity index (χ0) is 19.6. The van der Waals surface area contributed by atoms with Crippen LogP contribution in [0.3, 0.4) is 0 Å². The zero-order valence-electron chi connectivity index (χ0n) is 17.1. The largest absolute Gasteiger partial charge is 0.450 e. The first-order valence-corrected chi connectivity index (χ1v) is 10.0. The molecule has 1 saturated carbocycles. The molecule has 1 aliphatic rings. The summed E-state index contributed by atoms with van der Waals surface area (Å²) in [6, 6.07) is 0. The first-order valence-electron chi connectivity index (χ1n) is 10.0. The number of rotatable bonds is 10. The van der Waals surface area contributed by atoms with Crippen molar-refractivity contribution in [2.45, 2.75) is 91.6 Å². The summed E-state index contributed by atoms with van der Waals surface area (Å²) in [4.78, 5) is 23.0. The molecule has 0 heterocycles. The van der Waals surface area contributed by atoms with E-state index in [9.17, 15) is 9.59 Å². The Hall–Kier alpha value is -1.46. The minimum atomic E-state index is -0.735. The van der Waals surface area contributed by atoms with Crippen molar-refractivity contribution < 1.29 is 19.1 Å². The van der Waals surface area contributed by atoms with Crippen LogP contribution in [0.25, 0.3) is 0 Å². The predicted molar refractivity (Wildman–Crippen MR) is 103 cm³/mol. The van der Waals surface area contributed by atoms with Gasteiger partial charge in [-0.05, 0) is 36.5 Å². The van der Waals surface area contributed by atoms with Gasteiger partial charge in [-0.2, -0.15) is 0 Å². The fourth-order valence-corrected chi connectivity index (χ4v) is 4.30. The van der Waals surface area contributed by atoms with Gasteiger partial charge in [-0.1, -0.05) is 59.8 Å². The second-order valence-electron chi connectivity index (χ2n) is 8.88. The van der Waals surface area contributed by atoms with Crippen molar-refractivity contribution in [3.8, 4) is 0 Å². The molecule has 152 valence electrons. The van der Waals surface area contributed by atoms with E-state index in [0.717, 1.165) is 25.7 Å². The lowest BCUT2D eigenvalue weighted by Gasteiger charge is -2.45. The van der Waals surface area contributed by atoms with E-state index in [-0.39, 0.29) is 23.0 Å². The summed E-state index contributed by atoms with van der Waals surface area (Å²) in [5, 5.41) is 2.88. The molecule has 6 nitrogen and oxygen atoms in total. The Kier molecular flexibility index (Phi) is 9.23. The summed E-state index contributed by atoms with van der Waals surface area (Å²) in [5.74, 6) is 0. The number of nitrogens with one attached hydrogen (secondary N) is 1. The van der Waals surface area contributed by atoms with Crippen LogP contribution in [0.4, 0.5) is 9.59 Å². The maximum absolute atomic E-state index is 11.9. The van der Waals surface area contributed by atoms with Crippen LogP contribution in [0, 0.1) is 10.8 Å². The van der Waals surface area contributed by atoms with Gasteiger partial charge in [0.1, 0.15) is 6.10 Å². The van der Waals surface area contributed by atoms with Gasteiger partial charge < -0.3 is 20.5 Å². The number of carbonyl (C=O) groups is 2. The zero-order valence-corrected chi connectivity index (χ0v) is 17.1. The first kappa shape index (κ1) is 22.6. The lowest BCUT2D eigenvalue weighted by molar-refractivity contribution is -0.0168. The Morgan fingerprint density at radius 3 is 2.38 bits per heavy atom. The molecule has 1 rings (SSSR count). The number of amides is 2. The normalized spacial score (nSPS) is 24.7. The molecule has 2 unspecified atom stereocenters. The minimum Gasteiger partial charge on any atom is -0.450 e. The van der Waals surface area contributed by atoms with Gasteiger partial charge in [-0.15, -0.1) is 0 Å². The molecule has 0 radical (unpaired) electrons. The summed E-state index contributed by atoms with van der Waals surface area (Å²) in [6.45, 7) is 9.58. The van der Waals surface area contributed by atoms with Crippen molar-refractivity contribution in [2.24, 2.45) is 16.6 Å². The van der Waals surface area contributed by atoms with Crippen molar-refractivity contribution in [2.75, 3.05) is 13.2 Å². The molecule has 0 bridgehead atoms. The Labute approximate surface area is 158 Å². The van der Waals surface area contributed by atoms with Crippen LogP contribution in [0.2, 0.25) is 0 Å². The van der Waals surface area contributed by atoms with Gasteiger partial charge in [-0.3, -0.25) is 0 Å². The second kappa shape index (κ2) is 10.6. The van der Waals surface area contributed by atoms with Crippen LogP contribution >= 0.6 is 0 Å². The molecule has 1 aliphatic carbocycles. The number of nitrogens with two attached hydrogens (primary N) is 1. The molecule has 0 aromatic heterocycles. The second-order valence-corrected chi connectivity index (χ2v) is 8.88. The van der Waals surface area contributed by atoms with E-state index in [1.165, 1.54) is 25.7 Å². The number of ether oxygens (including phenoxy) is 2. The van der Waals surface area contributed by atoms with E-state index in [1.54, 1.807) is 0 Å². The molecule has 0 aromatic carbocycles. The maximum atomic E-state index is 11.9. The topological polar surface area (TPSA) is 90.7 Å². The van der Waals surface area contributed by atoms with Crippen LogP contribution in [-0.4, -0.2) is 31.4 Å². The number of hydrogen-bond acceptors (Lipinski definition) is 4. The summed E-state index contributed by atoms with van der Waals surface area (Å²) in [6.07, 6.45) is 8.09. The predicted octanol–water partition coefficient (Wildman–Crippen LogP) is 4.75. The quantitative estimate of drug-likeness (QED) is 0.543. The fraction of sp³-hybridized carbons (Fsp3) is 0.900. The van der Waals surface area contributed by atoms with E-state index < -0.39 is 6.09 Å². The van der Waals surface area contributed by atoms with Gasteiger partial charge in [0.2, 0.25) is 0 Å². The molecule has 0 aliphatic heterocycles. The third-order valence-corrected chi connectivity index (χ3v) is 5.08. The monoisotopic (exact) mass is 370 g/mol. The van der Waals surface area contributed by atoms with Gasteiger partial charge in [-0.25, -0.2) is 9.59 Å². The third-order valence-electron chi connectivity index (χ3n) is 5.08. The molecule has 3 N–H and O–H groups in total. The summed E-state index contributed by atoms with van der Waals surface area (Å²) >= 11 is 0. The molecular weight excluding hydrogens is 332 g/mol. The van der Waals surface area contributed by atoms with Crippen LogP contribution in [-0.2, 0) is 9.47 Å². The molecule has 26 heavy (non-hydrogen) atoms. The van der Waals surface area contributed by atoms with Gasteiger partial charge in [0.05, 0.1) is 6.61 Å². The van der Waals surface area contributed by atoms with Crippen molar-refractivity contribution in [3.63, 3.8) is 0 Å². The maximum Gasteiger partial charge on any atom is 0.407 e. The van der Waals surface area contributed by atoms with E-state index in [1.807, 2.05) is 0 Å². The number of hydrogen-bond donors (Lipinski definition) is 2. The standard InChI is InChI=1S/C20H38N2O4/c1-5-6-7-8-9-10-11-25-18(24)22-15-20(4)13-16(26-17(21)23)12-19(2,3)14-20/h16H,5-15H2,1-4H3,(H2,21,23)(H,22,24). The van der Waals surface area contributed by atoms with Crippen LogP contribution in [0.5, 0.6) is 0 Å². The molecule has 2 amide bonds. The molecule has 2 atom stereocenters. The van der Waals surface area contributed by atoms with E-state index in [4.69, 9.17) is 15.2 Å². The Morgan fingerprint density at radius 2 is 1.73 bits per heavy atom. The number of unbranched alkanes of at least 4 members (excludes halogenated alkanes) is 5. The number of alkyl carbamates (subject to hydrolysis) is 1. The van der Waals surface area contributed by atoms with E-state index in [2.05, 4.69) is 33.0 Å². The highest BCUT2D eigenvalue weighted by atomic mass is 16.6. The molecule has 0 saturated heterocycles. The number of primary amides is 1. The van der Waals surface area contributed by atoms with Crippen LogP contribution < -0.4 is 11.1 Å². The van der Waals surface area contributed by atoms with Crippen molar-refractivity contribution in [1.82, 2.24) is 5.32 Å². The first-order chi connectivity index (χ1) is 12.2. The third kappa shape index (κ3) is 9.30. The van der Waals surface area contributed by atoms with Crippen molar-refractivity contribution in [3.05, 3.63) is 0 Å². The van der Waals surface area contributed by atoms with Gasteiger partial charge in [0.25, 0.3) is 0 Å². The van der Waals surface area contributed by atoms with Gasteiger partial charge in [0, 0.05) is 6.54 Å². The van der Waals surface area contributed by atoms with E-state index in [0.29, 0.717) is 19.6 Å². The molecule has 6 heteroatoms. The molecule has 0 aromatic rings. The fourth-order valence-electron chi connectivity index (χ4n) is 4.30. The summed E-state index contributed by atoms with van der Waals surface area (Å²) in [7, 11) is 0. The van der Waals surface area contributed by atoms with E-state index >= 15 is 0 Å². The Balaban J connectivity index is 2.32.